The van der Waals surface area contributed by atoms with Crippen molar-refractivity contribution in [2.75, 3.05) is 6.61 Å². The normalized spacial score (nSPS) is 26.2. The Morgan fingerprint density at radius 1 is 1.65 bits per heavy atom. The Labute approximate surface area is 109 Å². The first-order chi connectivity index (χ1) is 8.20. The van der Waals surface area contributed by atoms with E-state index in [2.05, 4.69) is 11.9 Å². The number of thiazole rings is 1. The molecule has 1 aromatic rings. The van der Waals surface area contributed by atoms with Crippen molar-refractivity contribution >= 4 is 22.1 Å². The number of hydrogen-bond donors (Lipinski definition) is 0. The zero-order valence-corrected chi connectivity index (χ0v) is 12.0. The van der Waals surface area contributed by atoms with E-state index in [4.69, 9.17) is 4.74 Å². The predicted molar refractivity (Wildman–Crippen MR) is 71.8 cm³/mol. The van der Waals surface area contributed by atoms with Crippen LogP contribution in [0.1, 0.15) is 37.4 Å². The molecule has 2 heterocycles. The molecule has 0 saturated carbocycles. The summed E-state index contributed by atoms with van der Waals surface area (Å²) in [6, 6.07) is 0. The fourth-order valence-corrected chi connectivity index (χ4v) is 4.58. The Balaban J connectivity index is 1.93. The molecule has 0 N–H and O–H groups in total. The van der Waals surface area contributed by atoms with Crippen molar-refractivity contribution in [3.05, 3.63) is 16.1 Å². The third-order valence-corrected chi connectivity index (χ3v) is 5.83. The van der Waals surface area contributed by atoms with Crippen LogP contribution in [-0.2, 0) is 27.7 Å². The van der Waals surface area contributed by atoms with Crippen LogP contribution >= 0.6 is 11.3 Å². The quantitative estimate of drug-likeness (QED) is 0.827. The highest BCUT2D eigenvalue weighted by atomic mass is 32.2. The molecule has 0 amide bonds. The van der Waals surface area contributed by atoms with Gasteiger partial charge in [-0.05, 0) is 26.2 Å². The van der Waals surface area contributed by atoms with Crippen LogP contribution in [0.3, 0.4) is 0 Å². The largest absolute Gasteiger partial charge is 0.377 e. The fraction of sp³-hybridized carbons (Fsp3) is 0.750. The predicted octanol–water partition coefficient (Wildman–Crippen LogP) is 2.52. The first-order valence-corrected chi connectivity index (χ1v) is 8.39. The van der Waals surface area contributed by atoms with Crippen molar-refractivity contribution in [2.24, 2.45) is 0 Å². The minimum Gasteiger partial charge on any atom is -0.377 e. The van der Waals surface area contributed by atoms with Crippen LogP contribution in [0.4, 0.5) is 0 Å². The summed E-state index contributed by atoms with van der Waals surface area (Å²) in [7, 11) is -0.848. The van der Waals surface area contributed by atoms with Crippen molar-refractivity contribution in [1.82, 2.24) is 4.98 Å². The van der Waals surface area contributed by atoms with Crippen LogP contribution in [0.2, 0.25) is 0 Å². The van der Waals surface area contributed by atoms with E-state index in [1.54, 1.807) is 11.3 Å². The molecule has 0 unspecified atom stereocenters. The first kappa shape index (κ1) is 13.2. The molecule has 5 heteroatoms. The molecule has 0 spiro atoms. The maximum absolute atomic E-state index is 12.2. The molecule has 3 nitrogen and oxygen atoms in total. The Bertz CT molecular complexity index is 392. The SMILES string of the molecule is CCCc1nc(C[S@](=O)[C@@H]2CCO[C@@H]2C)cs1. The number of ether oxygens (including phenoxy) is 1. The first-order valence-electron chi connectivity index (χ1n) is 6.12. The lowest BCUT2D eigenvalue weighted by molar-refractivity contribution is 0.127. The zero-order valence-electron chi connectivity index (χ0n) is 10.3. The smallest absolute Gasteiger partial charge is 0.0928 e. The molecule has 1 aromatic heterocycles. The van der Waals surface area contributed by atoms with Crippen molar-refractivity contribution in [3.63, 3.8) is 0 Å². The summed E-state index contributed by atoms with van der Waals surface area (Å²) >= 11 is 1.68. The van der Waals surface area contributed by atoms with Gasteiger partial charge in [-0.3, -0.25) is 4.21 Å². The van der Waals surface area contributed by atoms with E-state index in [0.717, 1.165) is 36.6 Å². The van der Waals surface area contributed by atoms with Crippen molar-refractivity contribution in [1.29, 1.82) is 0 Å². The van der Waals surface area contributed by atoms with E-state index in [1.807, 2.05) is 12.3 Å². The van der Waals surface area contributed by atoms with Crippen LogP contribution in [0.25, 0.3) is 0 Å². The van der Waals surface area contributed by atoms with E-state index in [9.17, 15) is 4.21 Å². The van der Waals surface area contributed by atoms with E-state index in [1.165, 1.54) is 0 Å². The van der Waals surface area contributed by atoms with E-state index in [0.29, 0.717) is 5.75 Å². The Morgan fingerprint density at radius 2 is 2.47 bits per heavy atom. The van der Waals surface area contributed by atoms with Crippen LogP contribution in [-0.4, -0.2) is 27.2 Å². The average molecular weight is 273 g/mol. The molecule has 3 atom stereocenters. The summed E-state index contributed by atoms with van der Waals surface area (Å²) in [5.41, 5.74) is 0.982. The summed E-state index contributed by atoms with van der Waals surface area (Å²) in [6.45, 7) is 4.91. The molecule has 0 aliphatic carbocycles. The van der Waals surface area contributed by atoms with E-state index >= 15 is 0 Å². The van der Waals surface area contributed by atoms with Gasteiger partial charge in [0.25, 0.3) is 0 Å². The second-order valence-corrected chi connectivity index (χ2v) is 7.01. The highest BCUT2D eigenvalue weighted by Crippen LogP contribution is 2.22. The van der Waals surface area contributed by atoms with Gasteiger partial charge in [0.15, 0.2) is 0 Å². The van der Waals surface area contributed by atoms with Crippen LogP contribution in [0, 0.1) is 0 Å². The Morgan fingerprint density at radius 3 is 3.12 bits per heavy atom. The summed E-state index contributed by atoms with van der Waals surface area (Å²) in [4.78, 5) is 4.52. The molecule has 1 aliphatic heterocycles. The molecular formula is C12H19NO2S2. The molecule has 0 aromatic carbocycles. The zero-order chi connectivity index (χ0) is 12.3. The van der Waals surface area contributed by atoms with Crippen LogP contribution in [0.5, 0.6) is 0 Å². The second-order valence-electron chi connectivity index (χ2n) is 4.41. The molecule has 17 heavy (non-hydrogen) atoms. The van der Waals surface area contributed by atoms with Crippen molar-refractivity contribution < 1.29 is 8.95 Å². The lowest BCUT2D eigenvalue weighted by Crippen LogP contribution is -2.24. The van der Waals surface area contributed by atoms with Gasteiger partial charge in [0.05, 0.1) is 27.8 Å². The number of nitrogens with zero attached hydrogens (tertiary/aromatic N) is 1. The Hall–Kier alpha value is -0.260. The van der Waals surface area contributed by atoms with E-state index < -0.39 is 10.8 Å². The summed E-state index contributed by atoms with van der Waals surface area (Å²) in [5, 5.41) is 3.39. The fourth-order valence-electron chi connectivity index (χ4n) is 2.05. The molecule has 2 rings (SSSR count). The standard InChI is InChI=1S/C12H19NO2S2/c1-3-4-12-13-10(7-16-12)8-17(14)11-5-6-15-9(11)2/h7,9,11H,3-6,8H2,1-2H3/t9-,11-,17+/m1/s1. The second kappa shape index (κ2) is 6.07. The van der Waals surface area contributed by atoms with Gasteiger partial charge in [-0.15, -0.1) is 11.3 Å². The Kier molecular flexibility index (Phi) is 4.70. The molecular weight excluding hydrogens is 254 g/mol. The van der Waals surface area contributed by atoms with Crippen LogP contribution < -0.4 is 0 Å². The third kappa shape index (κ3) is 3.36. The van der Waals surface area contributed by atoms with Gasteiger partial charge < -0.3 is 4.74 Å². The number of hydrogen-bond acceptors (Lipinski definition) is 4. The highest BCUT2D eigenvalue weighted by molar-refractivity contribution is 7.84. The van der Waals surface area contributed by atoms with Gasteiger partial charge in [-0.2, -0.15) is 0 Å². The van der Waals surface area contributed by atoms with Gasteiger partial charge in [0.1, 0.15) is 0 Å². The van der Waals surface area contributed by atoms with Crippen molar-refractivity contribution in [2.45, 2.75) is 50.2 Å². The molecule has 0 radical (unpaired) electrons. The minimum absolute atomic E-state index is 0.129. The summed E-state index contributed by atoms with van der Waals surface area (Å²) in [6.07, 6.45) is 3.19. The molecule has 1 saturated heterocycles. The van der Waals surface area contributed by atoms with Gasteiger partial charge in [0, 0.05) is 22.8 Å². The van der Waals surface area contributed by atoms with E-state index in [-0.39, 0.29) is 11.4 Å². The third-order valence-electron chi connectivity index (χ3n) is 3.00. The summed E-state index contributed by atoms with van der Waals surface area (Å²) in [5.74, 6) is 0.582. The monoisotopic (exact) mass is 273 g/mol. The average Bonchev–Trinajstić information content (AvgIpc) is 2.88. The molecule has 0 bridgehead atoms. The molecule has 1 aliphatic rings. The number of rotatable bonds is 5. The highest BCUT2D eigenvalue weighted by Gasteiger charge is 2.29. The van der Waals surface area contributed by atoms with Gasteiger partial charge in [0.2, 0.25) is 0 Å². The maximum Gasteiger partial charge on any atom is 0.0928 e. The van der Waals surface area contributed by atoms with Gasteiger partial charge >= 0.3 is 0 Å². The minimum atomic E-state index is -0.848. The number of aryl methyl sites for hydroxylation is 1. The summed E-state index contributed by atoms with van der Waals surface area (Å²) < 4.78 is 17.6. The molecule has 1 fully saturated rings. The van der Waals surface area contributed by atoms with Gasteiger partial charge in [-0.25, -0.2) is 4.98 Å². The lowest BCUT2D eigenvalue weighted by atomic mass is 10.3. The lowest BCUT2D eigenvalue weighted by Gasteiger charge is -2.12. The van der Waals surface area contributed by atoms with Crippen LogP contribution in [0.15, 0.2) is 5.38 Å². The topological polar surface area (TPSA) is 39.2 Å². The van der Waals surface area contributed by atoms with Crippen molar-refractivity contribution in [3.8, 4) is 0 Å². The van der Waals surface area contributed by atoms with Gasteiger partial charge in [-0.1, -0.05) is 6.92 Å². The number of aromatic nitrogens is 1. The maximum atomic E-state index is 12.2. The molecule has 96 valence electrons.